The number of nitrogens with zero attached hydrogens (tertiary/aromatic N) is 1. The molecule has 2 unspecified atom stereocenters. The standard InChI is InChI=1S/C38H74O5.C12H22O.C6H15NO.C4H10.C2H4O2/c1-3-5-7-9-11-13-15-17-18-19-21-22-24-26-28-30-32-37(40)42-35-36(34-39)43-38(41)33-31-29-27-25-23-20-16-14-12-10-8-6-4-2;1-2-3-4-5-6-7-8-9-10-11-12-13;1-7(2)5-4-6-8-3;1-3-4-2;1-4-2-3/h11,13,36-37,39-40H,3-10,12,14-35H2,1-2H3;3-4,12H,2,5-11H2,1H3;4-6H2,1-3H3;3-4H2,1-2H3;2H,1H3/b;4-3-;;;. The lowest BCUT2D eigenvalue weighted by molar-refractivity contribution is -0.167. The van der Waals surface area contributed by atoms with Gasteiger partial charge in [-0.15, -0.1) is 0 Å². The third kappa shape index (κ3) is 87.6. The van der Waals surface area contributed by atoms with Crippen LogP contribution in [0.4, 0.5) is 0 Å². The number of rotatable bonds is 50. The minimum atomic E-state index is -0.866. The van der Waals surface area contributed by atoms with Gasteiger partial charge >= 0.3 is 5.97 Å². The van der Waals surface area contributed by atoms with Crippen molar-refractivity contribution in [2.75, 3.05) is 54.7 Å². The first kappa shape index (κ1) is 78.8. The lowest BCUT2D eigenvalue weighted by Crippen LogP contribution is -2.29. The van der Waals surface area contributed by atoms with Crippen LogP contribution >= 0.6 is 0 Å². The molecule has 0 saturated carbocycles. The second kappa shape index (κ2) is 77.8. The molecule has 0 fully saturated rings. The number of ether oxygens (including phenoxy) is 4. The van der Waals surface area contributed by atoms with Crippen LogP contribution in [-0.2, 0) is 33.3 Å². The fraction of sp³-hybridized carbons (Fsp3) is 0.887. The van der Waals surface area contributed by atoms with Crippen LogP contribution < -0.4 is 0 Å². The van der Waals surface area contributed by atoms with Gasteiger partial charge in [0.05, 0.1) is 20.3 Å². The fourth-order valence-corrected chi connectivity index (χ4v) is 7.35. The van der Waals surface area contributed by atoms with E-state index in [0.717, 1.165) is 70.8 Å². The Bertz CT molecular complexity index is 1020. The number of aliphatic hydroxyl groups excluding tert-OH is 2. The minimum absolute atomic E-state index is 0.0384. The summed E-state index contributed by atoms with van der Waals surface area (Å²) in [5.74, 6) is -0.283. The molecule has 432 valence electrons. The molecule has 10 heteroatoms. The van der Waals surface area contributed by atoms with Crippen LogP contribution in [0.2, 0.25) is 0 Å². The highest BCUT2D eigenvalue weighted by atomic mass is 16.6. The Labute approximate surface area is 448 Å². The van der Waals surface area contributed by atoms with Crippen LogP contribution in [-0.4, -0.2) is 101 Å². The smallest absolute Gasteiger partial charge is 0.306 e. The first-order valence-electron chi connectivity index (χ1n) is 30.1. The van der Waals surface area contributed by atoms with E-state index < -0.39 is 12.4 Å². The summed E-state index contributed by atoms with van der Waals surface area (Å²) in [6.07, 6.45) is 56.8. The van der Waals surface area contributed by atoms with Crippen molar-refractivity contribution in [1.29, 1.82) is 0 Å². The summed E-state index contributed by atoms with van der Waals surface area (Å²) in [5.41, 5.74) is 0. The molecule has 0 amide bonds. The van der Waals surface area contributed by atoms with E-state index in [9.17, 15) is 19.8 Å². The van der Waals surface area contributed by atoms with Crippen LogP contribution in [0.25, 0.3) is 0 Å². The highest BCUT2D eigenvalue weighted by molar-refractivity contribution is 5.69. The largest absolute Gasteiger partial charge is 0.471 e. The van der Waals surface area contributed by atoms with Gasteiger partial charge < -0.3 is 38.9 Å². The Balaban J connectivity index is -0.000000413. The summed E-state index contributed by atoms with van der Waals surface area (Å²) in [7, 11) is 7.17. The molecule has 0 aromatic carbocycles. The molecule has 0 bridgehead atoms. The molecule has 0 aromatic heterocycles. The van der Waals surface area contributed by atoms with Gasteiger partial charge in [-0.1, -0.05) is 226 Å². The van der Waals surface area contributed by atoms with Crippen LogP contribution in [0.15, 0.2) is 24.3 Å². The quantitative estimate of drug-likeness (QED) is 0.0200. The second-order valence-electron chi connectivity index (χ2n) is 19.7. The molecular formula is C62H125NO9. The van der Waals surface area contributed by atoms with Gasteiger partial charge in [0.2, 0.25) is 0 Å². The summed E-state index contributed by atoms with van der Waals surface area (Å²) >= 11 is 0. The van der Waals surface area contributed by atoms with Crippen molar-refractivity contribution in [2.45, 2.75) is 304 Å². The summed E-state index contributed by atoms with van der Waals surface area (Å²) in [6, 6.07) is 0. The number of hydrogen-bond donors (Lipinski definition) is 2. The third-order valence-electron chi connectivity index (χ3n) is 12.1. The molecule has 10 nitrogen and oxygen atoms in total. The highest BCUT2D eigenvalue weighted by Crippen LogP contribution is 2.15. The molecule has 0 aliphatic carbocycles. The molecule has 0 radical (unpaired) electrons. The number of aldehydes is 1. The van der Waals surface area contributed by atoms with Crippen LogP contribution in [0.5, 0.6) is 0 Å². The Morgan fingerprint density at radius 2 is 0.903 bits per heavy atom. The Morgan fingerprint density at radius 3 is 1.29 bits per heavy atom. The lowest BCUT2D eigenvalue weighted by Gasteiger charge is -2.18. The number of hydrogen-bond acceptors (Lipinski definition) is 10. The number of allylic oxidation sites excluding steroid dienone is 4. The van der Waals surface area contributed by atoms with Gasteiger partial charge in [-0.25, -0.2) is 0 Å². The maximum absolute atomic E-state index is 12.1. The van der Waals surface area contributed by atoms with Gasteiger partial charge in [0.15, 0.2) is 6.29 Å². The number of carbonyl (C=O) groups is 3. The number of esters is 1. The van der Waals surface area contributed by atoms with Crippen LogP contribution in [0.3, 0.4) is 0 Å². The van der Waals surface area contributed by atoms with E-state index in [1.165, 1.54) is 200 Å². The average molecular weight is 1030 g/mol. The van der Waals surface area contributed by atoms with E-state index in [-0.39, 0.29) is 19.2 Å². The summed E-state index contributed by atoms with van der Waals surface area (Å²) < 4.78 is 19.5. The van der Waals surface area contributed by atoms with Gasteiger partial charge in [-0.05, 0) is 97.7 Å². The van der Waals surface area contributed by atoms with Crippen molar-refractivity contribution >= 4 is 18.7 Å². The van der Waals surface area contributed by atoms with E-state index in [4.69, 9.17) is 19.0 Å². The van der Waals surface area contributed by atoms with Crippen molar-refractivity contribution in [1.82, 2.24) is 4.90 Å². The molecule has 72 heavy (non-hydrogen) atoms. The van der Waals surface area contributed by atoms with Crippen LogP contribution in [0.1, 0.15) is 291 Å². The van der Waals surface area contributed by atoms with Gasteiger partial charge in [0.1, 0.15) is 12.4 Å². The van der Waals surface area contributed by atoms with Gasteiger partial charge in [0.25, 0.3) is 6.47 Å². The SMILES string of the molecule is CC/C=C\CCCCCCCC=O.CCCC.CCCCCC=CCCCCCCCCCCCC(O)OCC(CO)OC(=O)CCCCCCCCCCCCCCC.COC=O.COCCCN(C)C. The molecule has 2 atom stereocenters. The monoisotopic (exact) mass is 1030 g/mol. The van der Waals surface area contributed by atoms with E-state index in [2.05, 4.69) is 82.7 Å². The highest BCUT2D eigenvalue weighted by Gasteiger charge is 2.16. The average Bonchev–Trinajstić information content (AvgIpc) is 3.38. The maximum Gasteiger partial charge on any atom is 0.306 e. The van der Waals surface area contributed by atoms with Crippen LogP contribution in [0, 0.1) is 0 Å². The fourth-order valence-electron chi connectivity index (χ4n) is 7.35. The number of carbonyl (C=O) groups excluding carboxylic acids is 3. The van der Waals surface area contributed by atoms with Crippen molar-refractivity contribution in [2.24, 2.45) is 0 Å². The molecular weight excluding hydrogens is 903 g/mol. The lowest BCUT2D eigenvalue weighted by atomic mass is 10.0. The summed E-state index contributed by atoms with van der Waals surface area (Å²) in [6.45, 7) is 13.2. The van der Waals surface area contributed by atoms with Crippen molar-refractivity contribution in [3.8, 4) is 0 Å². The minimum Gasteiger partial charge on any atom is -0.471 e. The molecule has 2 N–H and O–H groups in total. The van der Waals surface area contributed by atoms with Gasteiger partial charge in [0, 0.05) is 26.6 Å². The van der Waals surface area contributed by atoms with Gasteiger partial charge in [-0.2, -0.15) is 0 Å². The predicted molar refractivity (Wildman–Crippen MR) is 310 cm³/mol. The summed E-state index contributed by atoms with van der Waals surface area (Å²) in [5, 5.41) is 19.7. The maximum atomic E-state index is 12.1. The third-order valence-corrected chi connectivity index (χ3v) is 12.1. The molecule has 0 heterocycles. The molecule has 0 spiro atoms. The first-order chi connectivity index (χ1) is 35.1. The Kier molecular flexibility index (Phi) is 85.1. The van der Waals surface area contributed by atoms with Crippen molar-refractivity contribution in [3.63, 3.8) is 0 Å². The zero-order chi connectivity index (χ0) is 54.5. The zero-order valence-corrected chi connectivity index (χ0v) is 49.4. The number of aliphatic hydroxyl groups is 2. The predicted octanol–water partition coefficient (Wildman–Crippen LogP) is 17.2. The van der Waals surface area contributed by atoms with E-state index in [1.54, 1.807) is 7.11 Å². The second-order valence-corrected chi connectivity index (χ2v) is 19.7. The zero-order valence-electron chi connectivity index (χ0n) is 49.4. The van der Waals surface area contributed by atoms with Gasteiger partial charge in [-0.3, -0.25) is 9.59 Å². The molecule has 0 aromatic rings. The first-order valence-corrected chi connectivity index (χ1v) is 30.1. The molecule has 0 saturated heterocycles. The Morgan fingerprint density at radius 1 is 0.514 bits per heavy atom. The Hall–Kier alpha value is -2.11. The normalized spacial score (nSPS) is 11.7. The van der Waals surface area contributed by atoms with E-state index in [1.807, 2.05) is 0 Å². The number of unbranched alkanes of at least 4 members (excludes halogenated alkanes) is 31. The molecule has 0 aliphatic heterocycles. The topological polar surface area (TPSA) is 132 Å². The van der Waals surface area contributed by atoms with E-state index >= 15 is 0 Å². The summed E-state index contributed by atoms with van der Waals surface area (Å²) in [4.78, 5) is 33.2. The van der Waals surface area contributed by atoms with Crippen molar-refractivity contribution < 1.29 is 43.5 Å². The molecule has 0 aliphatic rings. The molecule has 0 rings (SSSR count). The van der Waals surface area contributed by atoms with Crippen molar-refractivity contribution in [3.05, 3.63) is 24.3 Å². The number of methoxy groups -OCH3 is 2. The van der Waals surface area contributed by atoms with E-state index in [0.29, 0.717) is 19.3 Å².